The van der Waals surface area contributed by atoms with Crippen LogP contribution in [0.2, 0.25) is 0 Å². The highest BCUT2D eigenvalue weighted by Crippen LogP contribution is 2.31. The van der Waals surface area contributed by atoms with E-state index in [0.29, 0.717) is 5.92 Å². The third-order valence-electron chi connectivity index (χ3n) is 5.92. The van der Waals surface area contributed by atoms with Gasteiger partial charge in [0, 0.05) is 5.56 Å². The van der Waals surface area contributed by atoms with Crippen LogP contribution in [-0.4, -0.2) is 16.6 Å². The lowest BCUT2D eigenvalue weighted by atomic mass is 9.98. The van der Waals surface area contributed by atoms with Crippen LogP contribution in [-0.2, 0) is 6.42 Å². The topological polar surface area (TPSA) is 35.0 Å². The molecule has 0 spiro atoms. The van der Waals surface area contributed by atoms with Crippen LogP contribution in [0.4, 0.5) is 0 Å². The first-order valence-electron chi connectivity index (χ1n) is 12.3. The van der Waals surface area contributed by atoms with Gasteiger partial charge >= 0.3 is 0 Å². The zero-order valence-electron chi connectivity index (χ0n) is 19.5. The summed E-state index contributed by atoms with van der Waals surface area (Å²) in [7, 11) is 0. The number of aromatic nitrogens is 2. The van der Waals surface area contributed by atoms with Crippen LogP contribution in [0.15, 0.2) is 36.8 Å². The summed E-state index contributed by atoms with van der Waals surface area (Å²) >= 11 is 0. The molecule has 0 fully saturated rings. The van der Waals surface area contributed by atoms with Crippen molar-refractivity contribution < 1.29 is 4.74 Å². The summed E-state index contributed by atoms with van der Waals surface area (Å²) in [6.45, 7) is 7.59. The first kappa shape index (κ1) is 24.4. The maximum Gasteiger partial charge on any atom is 0.163 e. The Kier molecular flexibility index (Phi) is 12.2. The van der Waals surface area contributed by atoms with Crippen LogP contribution in [0.1, 0.15) is 97.0 Å². The molecule has 3 heteroatoms. The molecule has 166 valence electrons. The van der Waals surface area contributed by atoms with Crippen molar-refractivity contribution in [3.8, 4) is 17.0 Å². The SMILES string of the molecule is CCCCCCCCc1ccccc1-c1ncncc1OCCC(C)CCCCC. The van der Waals surface area contributed by atoms with Gasteiger partial charge in [-0.25, -0.2) is 9.97 Å². The number of aryl methyl sites for hydroxylation is 1. The summed E-state index contributed by atoms with van der Waals surface area (Å²) in [5.41, 5.74) is 3.49. The molecule has 0 bridgehead atoms. The van der Waals surface area contributed by atoms with Crippen LogP contribution in [0.5, 0.6) is 5.75 Å². The van der Waals surface area contributed by atoms with Gasteiger partial charge in [0.15, 0.2) is 5.75 Å². The van der Waals surface area contributed by atoms with Crippen molar-refractivity contribution in [2.24, 2.45) is 5.92 Å². The normalized spacial score (nSPS) is 12.1. The van der Waals surface area contributed by atoms with Gasteiger partial charge in [0.05, 0.1) is 12.8 Å². The molecule has 0 radical (unpaired) electrons. The maximum absolute atomic E-state index is 6.17. The minimum Gasteiger partial charge on any atom is -0.490 e. The number of rotatable bonds is 16. The average molecular weight is 411 g/mol. The second-order valence-electron chi connectivity index (χ2n) is 8.65. The predicted molar refractivity (Wildman–Crippen MR) is 128 cm³/mol. The quantitative estimate of drug-likeness (QED) is 0.263. The Bertz CT molecular complexity index is 701. The van der Waals surface area contributed by atoms with E-state index in [1.165, 1.54) is 75.3 Å². The van der Waals surface area contributed by atoms with Gasteiger partial charge in [-0.3, -0.25) is 0 Å². The van der Waals surface area contributed by atoms with Crippen LogP contribution >= 0.6 is 0 Å². The first-order valence-corrected chi connectivity index (χ1v) is 12.3. The Morgan fingerprint density at radius 3 is 2.43 bits per heavy atom. The molecule has 30 heavy (non-hydrogen) atoms. The number of hydrogen-bond donors (Lipinski definition) is 0. The average Bonchev–Trinajstić information content (AvgIpc) is 2.77. The van der Waals surface area contributed by atoms with Gasteiger partial charge in [-0.2, -0.15) is 0 Å². The Morgan fingerprint density at radius 2 is 1.60 bits per heavy atom. The van der Waals surface area contributed by atoms with Crippen molar-refractivity contribution in [2.45, 2.75) is 97.8 Å². The molecule has 0 N–H and O–H groups in total. The predicted octanol–water partition coefficient (Wildman–Crippen LogP) is 8.03. The lowest BCUT2D eigenvalue weighted by Crippen LogP contribution is -2.06. The van der Waals surface area contributed by atoms with Crippen molar-refractivity contribution in [2.75, 3.05) is 6.61 Å². The Labute approximate surface area is 184 Å². The Balaban J connectivity index is 1.94. The summed E-state index contributed by atoms with van der Waals surface area (Å²) in [6, 6.07) is 8.65. The molecule has 1 heterocycles. The lowest BCUT2D eigenvalue weighted by molar-refractivity contribution is 0.276. The third-order valence-corrected chi connectivity index (χ3v) is 5.92. The fourth-order valence-electron chi connectivity index (χ4n) is 3.95. The molecule has 0 aliphatic heterocycles. The van der Waals surface area contributed by atoms with Crippen molar-refractivity contribution in [3.63, 3.8) is 0 Å². The molecule has 0 saturated carbocycles. The van der Waals surface area contributed by atoms with Crippen molar-refractivity contribution >= 4 is 0 Å². The molecule has 0 aliphatic rings. The van der Waals surface area contributed by atoms with E-state index in [0.717, 1.165) is 30.9 Å². The molecule has 1 unspecified atom stereocenters. The molecular weight excluding hydrogens is 368 g/mol. The maximum atomic E-state index is 6.17. The van der Waals surface area contributed by atoms with E-state index < -0.39 is 0 Å². The van der Waals surface area contributed by atoms with Gasteiger partial charge in [0.25, 0.3) is 0 Å². The largest absolute Gasteiger partial charge is 0.490 e. The standard InChI is InChI=1S/C27H42N2O/c1-4-6-8-9-10-12-16-24-17-13-14-18-25(24)27-26(21-28-22-29-27)30-20-19-23(3)15-11-7-5-2/h13-14,17-18,21-23H,4-12,15-16,19-20H2,1-3H3. The van der Waals surface area contributed by atoms with Gasteiger partial charge < -0.3 is 4.74 Å². The molecule has 0 saturated heterocycles. The van der Waals surface area contributed by atoms with E-state index in [1.54, 1.807) is 6.33 Å². The first-order chi connectivity index (χ1) is 14.8. The smallest absolute Gasteiger partial charge is 0.163 e. The highest BCUT2D eigenvalue weighted by molar-refractivity contribution is 5.69. The molecule has 1 aromatic heterocycles. The second-order valence-corrected chi connectivity index (χ2v) is 8.65. The van der Waals surface area contributed by atoms with Gasteiger partial charge in [-0.1, -0.05) is 103 Å². The monoisotopic (exact) mass is 410 g/mol. The summed E-state index contributed by atoms with van der Waals surface area (Å²) < 4.78 is 6.17. The van der Waals surface area contributed by atoms with E-state index in [4.69, 9.17) is 4.74 Å². The molecule has 1 aromatic carbocycles. The number of ether oxygens (including phenoxy) is 1. The van der Waals surface area contributed by atoms with Crippen molar-refractivity contribution in [1.29, 1.82) is 0 Å². The van der Waals surface area contributed by atoms with E-state index >= 15 is 0 Å². The minimum absolute atomic E-state index is 0.699. The Morgan fingerprint density at radius 1 is 0.867 bits per heavy atom. The number of hydrogen-bond acceptors (Lipinski definition) is 3. The minimum atomic E-state index is 0.699. The fourth-order valence-corrected chi connectivity index (χ4v) is 3.95. The molecule has 2 rings (SSSR count). The molecule has 2 aromatic rings. The van der Waals surface area contributed by atoms with E-state index in [-0.39, 0.29) is 0 Å². The van der Waals surface area contributed by atoms with Gasteiger partial charge in [0.1, 0.15) is 12.0 Å². The summed E-state index contributed by atoms with van der Waals surface area (Å²) in [5.74, 6) is 1.51. The molecule has 1 atom stereocenters. The van der Waals surface area contributed by atoms with Crippen molar-refractivity contribution in [1.82, 2.24) is 9.97 Å². The molecule has 0 aliphatic carbocycles. The molecular formula is C27H42N2O. The van der Waals surface area contributed by atoms with Gasteiger partial charge in [-0.15, -0.1) is 0 Å². The van der Waals surface area contributed by atoms with Crippen LogP contribution < -0.4 is 4.74 Å². The van der Waals surface area contributed by atoms with Crippen LogP contribution in [0.25, 0.3) is 11.3 Å². The molecule has 0 amide bonds. The number of unbranched alkanes of at least 4 members (excludes halogenated alkanes) is 7. The second kappa shape index (κ2) is 15.0. The van der Waals surface area contributed by atoms with E-state index in [2.05, 4.69) is 55.0 Å². The highest BCUT2D eigenvalue weighted by atomic mass is 16.5. The van der Waals surface area contributed by atoms with Gasteiger partial charge in [-0.05, 0) is 30.7 Å². The van der Waals surface area contributed by atoms with Crippen LogP contribution in [0.3, 0.4) is 0 Å². The van der Waals surface area contributed by atoms with Crippen LogP contribution in [0, 0.1) is 5.92 Å². The summed E-state index contributed by atoms with van der Waals surface area (Å²) in [4.78, 5) is 8.83. The van der Waals surface area contributed by atoms with Gasteiger partial charge in [0.2, 0.25) is 0 Å². The molecule has 3 nitrogen and oxygen atoms in total. The van der Waals surface area contributed by atoms with E-state index in [9.17, 15) is 0 Å². The fraction of sp³-hybridized carbons (Fsp3) is 0.630. The van der Waals surface area contributed by atoms with Crippen molar-refractivity contribution in [3.05, 3.63) is 42.4 Å². The highest BCUT2D eigenvalue weighted by Gasteiger charge is 2.13. The third kappa shape index (κ3) is 8.85. The zero-order chi connectivity index (χ0) is 21.4. The van der Waals surface area contributed by atoms with E-state index in [1.807, 2.05) is 6.20 Å². The number of nitrogens with zero attached hydrogens (tertiary/aromatic N) is 2. The zero-order valence-corrected chi connectivity index (χ0v) is 19.5. The summed E-state index contributed by atoms with van der Waals surface area (Å²) in [6.07, 6.45) is 18.8. The lowest BCUT2D eigenvalue weighted by Gasteiger charge is -2.15. The number of benzene rings is 1. The summed E-state index contributed by atoms with van der Waals surface area (Å²) in [5, 5.41) is 0. The Hall–Kier alpha value is -1.90.